The first-order valence-corrected chi connectivity index (χ1v) is 5.73. The summed E-state index contributed by atoms with van der Waals surface area (Å²) >= 11 is 5.13. The van der Waals surface area contributed by atoms with E-state index in [2.05, 4.69) is 24.5 Å². The van der Waals surface area contributed by atoms with Gasteiger partial charge in [-0.3, -0.25) is 0 Å². The van der Waals surface area contributed by atoms with Gasteiger partial charge in [0.1, 0.15) is 0 Å². The van der Waals surface area contributed by atoms with Gasteiger partial charge in [0.2, 0.25) is 0 Å². The second-order valence-corrected chi connectivity index (χ2v) is 4.42. The Balaban J connectivity index is 2.15. The van der Waals surface area contributed by atoms with Gasteiger partial charge in [-0.15, -0.1) is 0 Å². The van der Waals surface area contributed by atoms with Gasteiger partial charge < -0.3 is 15.4 Å². The zero-order valence-corrected chi connectivity index (χ0v) is 9.88. The Labute approximate surface area is 91.6 Å². The molecule has 0 aromatic carbocycles. The van der Waals surface area contributed by atoms with Crippen LogP contribution in [-0.4, -0.2) is 30.4 Å². The lowest BCUT2D eigenvalue weighted by atomic mass is 10.0. The predicted octanol–water partition coefficient (Wildman–Crippen LogP) is 1.43. The van der Waals surface area contributed by atoms with Crippen molar-refractivity contribution in [3.05, 3.63) is 0 Å². The minimum absolute atomic E-state index is 0.0159. The zero-order chi connectivity index (χ0) is 10.4. The fourth-order valence-corrected chi connectivity index (χ4v) is 1.72. The third-order valence-electron chi connectivity index (χ3n) is 2.46. The maximum Gasteiger partial charge on any atom is 0.166 e. The van der Waals surface area contributed by atoms with E-state index in [1.165, 1.54) is 0 Å². The van der Waals surface area contributed by atoms with Gasteiger partial charge in [0, 0.05) is 19.7 Å². The van der Waals surface area contributed by atoms with Crippen LogP contribution in [0.15, 0.2) is 0 Å². The smallest absolute Gasteiger partial charge is 0.166 e. The van der Waals surface area contributed by atoms with Crippen LogP contribution in [0.1, 0.15) is 33.1 Å². The van der Waals surface area contributed by atoms with Crippen LogP contribution in [0.3, 0.4) is 0 Å². The lowest BCUT2D eigenvalue weighted by molar-refractivity contribution is 0.0244. The number of rotatable bonds is 4. The van der Waals surface area contributed by atoms with Gasteiger partial charge in [0.05, 0.1) is 5.60 Å². The highest BCUT2D eigenvalue weighted by Gasteiger charge is 2.29. The van der Waals surface area contributed by atoms with Crippen LogP contribution in [0, 0.1) is 0 Å². The predicted molar refractivity (Wildman–Crippen MR) is 62.5 cm³/mol. The summed E-state index contributed by atoms with van der Waals surface area (Å²) in [6.07, 6.45) is 3.37. The molecule has 82 valence electrons. The summed E-state index contributed by atoms with van der Waals surface area (Å²) in [5.74, 6) is 0. The second kappa shape index (κ2) is 5.51. The van der Waals surface area contributed by atoms with Crippen molar-refractivity contribution in [1.29, 1.82) is 0 Å². The molecule has 0 aliphatic carbocycles. The van der Waals surface area contributed by atoms with Gasteiger partial charge in [-0.1, -0.05) is 6.92 Å². The molecule has 0 bridgehead atoms. The SMILES string of the molecule is CCCNC(=S)NCC1(C)CCCO1. The molecule has 0 spiro atoms. The van der Waals surface area contributed by atoms with Crippen LogP contribution in [0.5, 0.6) is 0 Å². The molecule has 4 heteroatoms. The molecule has 1 heterocycles. The summed E-state index contributed by atoms with van der Waals surface area (Å²) in [6, 6.07) is 0. The van der Waals surface area contributed by atoms with Crippen molar-refractivity contribution < 1.29 is 4.74 Å². The molecule has 0 aromatic rings. The third-order valence-corrected chi connectivity index (χ3v) is 2.75. The Morgan fingerprint density at radius 1 is 1.50 bits per heavy atom. The average molecular weight is 216 g/mol. The lowest BCUT2D eigenvalue weighted by Crippen LogP contribution is -2.44. The summed E-state index contributed by atoms with van der Waals surface area (Å²) in [4.78, 5) is 0. The van der Waals surface area contributed by atoms with Crippen LogP contribution >= 0.6 is 12.2 Å². The average Bonchev–Trinajstić information content (AvgIpc) is 2.60. The molecule has 0 aromatic heterocycles. The Kier molecular flexibility index (Phi) is 4.62. The monoisotopic (exact) mass is 216 g/mol. The fraction of sp³-hybridized carbons (Fsp3) is 0.900. The Hall–Kier alpha value is -0.350. The van der Waals surface area contributed by atoms with Crippen LogP contribution in [-0.2, 0) is 4.74 Å². The topological polar surface area (TPSA) is 33.3 Å². The first kappa shape index (κ1) is 11.7. The second-order valence-electron chi connectivity index (χ2n) is 4.01. The van der Waals surface area contributed by atoms with E-state index in [9.17, 15) is 0 Å². The minimum atomic E-state index is -0.0159. The highest BCUT2D eigenvalue weighted by molar-refractivity contribution is 7.80. The highest BCUT2D eigenvalue weighted by Crippen LogP contribution is 2.23. The molecule has 0 amide bonds. The normalized spacial score (nSPS) is 26.1. The van der Waals surface area contributed by atoms with E-state index in [1.807, 2.05) is 0 Å². The van der Waals surface area contributed by atoms with Crippen molar-refractivity contribution >= 4 is 17.3 Å². The summed E-state index contributed by atoms with van der Waals surface area (Å²) in [7, 11) is 0. The van der Waals surface area contributed by atoms with Crippen molar-refractivity contribution in [3.63, 3.8) is 0 Å². The molecular weight excluding hydrogens is 196 g/mol. The van der Waals surface area contributed by atoms with E-state index >= 15 is 0 Å². The molecule has 1 aliphatic rings. The Bertz CT molecular complexity index is 191. The van der Waals surface area contributed by atoms with Gasteiger partial charge in [0.15, 0.2) is 5.11 Å². The van der Waals surface area contributed by atoms with Gasteiger partial charge in [0.25, 0.3) is 0 Å². The molecule has 2 N–H and O–H groups in total. The quantitative estimate of drug-likeness (QED) is 0.697. The van der Waals surface area contributed by atoms with Crippen LogP contribution in [0.2, 0.25) is 0 Å². The van der Waals surface area contributed by atoms with E-state index in [0.717, 1.165) is 44.1 Å². The molecule has 1 unspecified atom stereocenters. The van der Waals surface area contributed by atoms with Crippen molar-refractivity contribution in [1.82, 2.24) is 10.6 Å². The number of nitrogens with one attached hydrogen (secondary N) is 2. The summed E-state index contributed by atoms with van der Waals surface area (Å²) < 4.78 is 5.65. The molecular formula is C10H20N2OS. The molecule has 0 saturated carbocycles. The molecule has 1 saturated heterocycles. The van der Waals surface area contributed by atoms with E-state index in [4.69, 9.17) is 17.0 Å². The Morgan fingerprint density at radius 3 is 2.86 bits per heavy atom. The first-order valence-electron chi connectivity index (χ1n) is 5.32. The van der Waals surface area contributed by atoms with Crippen molar-refractivity contribution in [2.45, 2.75) is 38.7 Å². The molecule has 14 heavy (non-hydrogen) atoms. The summed E-state index contributed by atoms with van der Waals surface area (Å²) in [6.45, 7) is 6.88. The van der Waals surface area contributed by atoms with E-state index < -0.39 is 0 Å². The third kappa shape index (κ3) is 3.80. The molecule has 0 radical (unpaired) electrons. The number of thiocarbonyl (C=S) groups is 1. The molecule has 1 atom stereocenters. The molecule has 3 nitrogen and oxygen atoms in total. The minimum Gasteiger partial charge on any atom is -0.373 e. The van der Waals surface area contributed by atoms with Gasteiger partial charge >= 0.3 is 0 Å². The number of hydrogen-bond donors (Lipinski definition) is 2. The highest BCUT2D eigenvalue weighted by atomic mass is 32.1. The standard InChI is InChI=1S/C10H20N2OS/c1-3-6-11-9(14)12-8-10(2)5-4-7-13-10/h3-8H2,1-2H3,(H2,11,12,14). The maximum absolute atomic E-state index is 5.65. The van der Waals surface area contributed by atoms with Crippen molar-refractivity contribution in [2.75, 3.05) is 19.7 Å². The van der Waals surface area contributed by atoms with E-state index in [0.29, 0.717) is 0 Å². The fourth-order valence-electron chi connectivity index (χ4n) is 1.54. The van der Waals surface area contributed by atoms with Crippen LogP contribution < -0.4 is 10.6 Å². The summed E-state index contributed by atoms with van der Waals surface area (Å²) in [5.41, 5.74) is -0.0159. The van der Waals surface area contributed by atoms with E-state index in [-0.39, 0.29) is 5.60 Å². The van der Waals surface area contributed by atoms with Crippen molar-refractivity contribution in [3.8, 4) is 0 Å². The van der Waals surface area contributed by atoms with Gasteiger partial charge in [-0.2, -0.15) is 0 Å². The van der Waals surface area contributed by atoms with Gasteiger partial charge in [-0.05, 0) is 38.4 Å². The molecule has 1 rings (SSSR count). The first-order chi connectivity index (χ1) is 6.66. The largest absolute Gasteiger partial charge is 0.373 e. The molecule has 1 aliphatic heterocycles. The maximum atomic E-state index is 5.65. The molecule has 1 fully saturated rings. The van der Waals surface area contributed by atoms with Crippen LogP contribution in [0.25, 0.3) is 0 Å². The van der Waals surface area contributed by atoms with Gasteiger partial charge in [-0.25, -0.2) is 0 Å². The summed E-state index contributed by atoms with van der Waals surface area (Å²) in [5, 5.41) is 7.07. The zero-order valence-electron chi connectivity index (χ0n) is 9.06. The number of ether oxygens (including phenoxy) is 1. The van der Waals surface area contributed by atoms with Crippen LogP contribution in [0.4, 0.5) is 0 Å². The van der Waals surface area contributed by atoms with Crippen molar-refractivity contribution in [2.24, 2.45) is 0 Å². The Morgan fingerprint density at radius 2 is 2.29 bits per heavy atom. The lowest BCUT2D eigenvalue weighted by Gasteiger charge is -2.24. The number of hydrogen-bond acceptors (Lipinski definition) is 2. The van der Waals surface area contributed by atoms with E-state index in [1.54, 1.807) is 0 Å².